The summed E-state index contributed by atoms with van der Waals surface area (Å²) in [6.45, 7) is 1.29. The molecule has 0 bridgehead atoms. The first-order valence-corrected chi connectivity index (χ1v) is 10.5. The average molecular weight is 437 g/mol. The van der Waals surface area contributed by atoms with E-state index in [0.29, 0.717) is 29.3 Å². The zero-order valence-corrected chi connectivity index (χ0v) is 17.7. The van der Waals surface area contributed by atoms with Crippen molar-refractivity contribution < 1.29 is 9.21 Å². The summed E-state index contributed by atoms with van der Waals surface area (Å²) in [6.07, 6.45) is 1.57. The third-order valence-corrected chi connectivity index (χ3v) is 6.28. The number of hydrogen-bond acceptors (Lipinski definition) is 5. The largest absolute Gasteiger partial charge is 0.440 e. The normalized spacial score (nSPS) is 15.1. The molecule has 2 aromatic heterocycles. The van der Waals surface area contributed by atoms with Gasteiger partial charge in [0.15, 0.2) is 11.5 Å². The van der Waals surface area contributed by atoms with E-state index in [0.717, 1.165) is 35.2 Å². The van der Waals surface area contributed by atoms with E-state index in [1.807, 2.05) is 30.3 Å². The first kappa shape index (κ1) is 19.6. The minimum Gasteiger partial charge on any atom is -0.440 e. The van der Waals surface area contributed by atoms with E-state index >= 15 is 0 Å². The standard InChI is InChI=1S/C23H21ClN4O3/c1-27-17-12-14(24)6-7-15(17)20(19(21(25)29)23(27)30)28-10-8-13(9-11-28)22-26-16-4-2-3-5-18(16)31-22/h2-7,12-13H,8-11H2,1H3,(H2,25,29). The van der Waals surface area contributed by atoms with Crippen molar-refractivity contribution in [3.8, 4) is 0 Å². The quantitative estimate of drug-likeness (QED) is 0.527. The van der Waals surface area contributed by atoms with Gasteiger partial charge >= 0.3 is 0 Å². The van der Waals surface area contributed by atoms with Gasteiger partial charge in [-0.3, -0.25) is 9.59 Å². The number of pyridine rings is 1. The number of nitrogens with zero attached hydrogens (tertiary/aromatic N) is 3. The van der Waals surface area contributed by atoms with E-state index in [1.54, 1.807) is 19.2 Å². The van der Waals surface area contributed by atoms with Crippen molar-refractivity contribution in [2.75, 3.05) is 18.0 Å². The molecule has 2 N–H and O–H groups in total. The highest BCUT2D eigenvalue weighted by Crippen LogP contribution is 2.36. The average Bonchev–Trinajstić information content (AvgIpc) is 3.20. The fraction of sp³-hybridized carbons (Fsp3) is 0.261. The molecule has 8 heteroatoms. The SMILES string of the molecule is Cn1c(=O)c(C(N)=O)c(N2CCC(c3nc4ccccc4o3)CC2)c2ccc(Cl)cc21. The number of nitrogens with two attached hydrogens (primary N) is 1. The van der Waals surface area contributed by atoms with Crippen LogP contribution in [-0.4, -0.2) is 28.5 Å². The van der Waals surface area contributed by atoms with Crippen LogP contribution in [0.25, 0.3) is 22.0 Å². The minimum absolute atomic E-state index is 0.0117. The Morgan fingerprint density at radius 3 is 2.65 bits per heavy atom. The zero-order valence-electron chi connectivity index (χ0n) is 17.0. The number of amides is 1. The molecule has 0 atom stereocenters. The Hall–Kier alpha value is -3.32. The van der Waals surface area contributed by atoms with Gasteiger partial charge in [0, 0.05) is 36.5 Å². The number of benzene rings is 2. The predicted molar refractivity (Wildman–Crippen MR) is 121 cm³/mol. The van der Waals surface area contributed by atoms with Crippen molar-refractivity contribution in [2.45, 2.75) is 18.8 Å². The Kier molecular flexibility index (Phi) is 4.70. The molecule has 4 aromatic rings. The molecule has 0 unspecified atom stereocenters. The fourth-order valence-electron chi connectivity index (χ4n) is 4.46. The highest BCUT2D eigenvalue weighted by Gasteiger charge is 2.29. The molecule has 1 amide bonds. The maximum atomic E-state index is 13.0. The molecule has 0 aliphatic carbocycles. The first-order chi connectivity index (χ1) is 14.9. The number of carbonyl (C=O) groups is 1. The Balaban J connectivity index is 1.53. The van der Waals surface area contributed by atoms with E-state index in [9.17, 15) is 9.59 Å². The zero-order chi connectivity index (χ0) is 21.7. The van der Waals surface area contributed by atoms with Crippen LogP contribution in [0.3, 0.4) is 0 Å². The monoisotopic (exact) mass is 436 g/mol. The molecule has 1 fully saturated rings. The van der Waals surface area contributed by atoms with E-state index in [-0.39, 0.29) is 11.5 Å². The third kappa shape index (κ3) is 3.25. The molecule has 0 saturated carbocycles. The van der Waals surface area contributed by atoms with Gasteiger partial charge in [0.25, 0.3) is 11.5 Å². The van der Waals surface area contributed by atoms with Gasteiger partial charge < -0.3 is 19.6 Å². The maximum Gasteiger partial charge on any atom is 0.265 e. The molecule has 1 aliphatic rings. The van der Waals surface area contributed by atoms with E-state index in [2.05, 4.69) is 9.88 Å². The second-order valence-electron chi connectivity index (χ2n) is 7.89. The number of rotatable bonds is 3. The summed E-state index contributed by atoms with van der Waals surface area (Å²) in [6, 6.07) is 13.1. The van der Waals surface area contributed by atoms with Crippen molar-refractivity contribution >= 4 is 45.2 Å². The molecule has 0 spiro atoms. The molecule has 7 nitrogen and oxygen atoms in total. The summed E-state index contributed by atoms with van der Waals surface area (Å²) >= 11 is 6.17. The lowest BCUT2D eigenvalue weighted by Gasteiger charge is -2.34. The van der Waals surface area contributed by atoms with E-state index in [4.69, 9.17) is 21.8 Å². The highest BCUT2D eigenvalue weighted by atomic mass is 35.5. The van der Waals surface area contributed by atoms with Crippen LogP contribution < -0.4 is 16.2 Å². The molecule has 0 radical (unpaired) electrons. The Labute approximate surface area is 183 Å². The number of carbonyl (C=O) groups excluding carboxylic acids is 1. The summed E-state index contributed by atoms with van der Waals surface area (Å²) in [4.78, 5) is 31.9. The smallest absolute Gasteiger partial charge is 0.265 e. The molecule has 1 aliphatic heterocycles. The molecule has 2 aromatic carbocycles. The van der Waals surface area contributed by atoms with Gasteiger partial charge in [-0.1, -0.05) is 23.7 Å². The molecular weight excluding hydrogens is 416 g/mol. The molecule has 158 valence electrons. The number of fused-ring (bicyclic) bond motifs is 2. The van der Waals surface area contributed by atoms with Crippen molar-refractivity contribution in [3.05, 3.63) is 69.3 Å². The Bertz CT molecular complexity index is 1350. The first-order valence-electron chi connectivity index (χ1n) is 10.2. The number of oxazole rings is 1. The van der Waals surface area contributed by atoms with Crippen LogP contribution in [0.15, 0.2) is 51.7 Å². The second kappa shape index (κ2) is 7.42. The topological polar surface area (TPSA) is 94.4 Å². The molecule has 31 heavy (non-hydrogen) atoms. The number of piperidine rings is 1. The van der Waals surface area contributed by atoms with Crippen molar-refractivity contribution in [3.63, 3.8) is 0 Å². The predicted octanol–water partition coefficient (Wildman–Crippen LogP) is 3.82. The molecule has 5 rings (SSSR count). The van der Waals surface area contributed by atoms with Crippen LogP contribution in [0.2, 0.25) is 5.02 Å². The van der Waals surface area contributed by atoms with Gasteiger partial charge in [-0.2, -0.15) is 0 Å². The van der Waals surface area contributed by atoms with Gasteiger partial charge in [-0.15, -0.1) is 0 Å². The molecular formula is C23H21ClN4O3. The lowest BCUT2D eigenvalue weighted by atomic mass is 9.95. The number of aromatic nitrogens is 2. The van der Waals surface area contributed by atoms with Crippen molar-refractivity contribution in [1.82, 2.24) is 9.55 Å². The van der Waals surface area contributed by atoms with Crippen LogP contribution in [0, 0.1) is 0 Å². The molecule has 1 saturated heterocycles. The summed E-state index contributed by atoms with van der Waals surface area (Å²) < 4.78 is 7.38. The Morgan fingerprint density at radius 2 is 1.94 bits per heavy atom. The van der Waals surface area contributed by atoms with E-state index < -0.39 is 11.5 Å². The van der Waals surface area contributed by atoms with Gasteiger partial charge in [-0.25, -0.2) is 4.98 Å². The number of para-hydroxylation sites is 2. The number of hydrogen-bond donors (Lipinski definition) is 1. The second-order valence-corrected chi connectivity index (χ2v) is 8.33. The van der Waals surface area contributed by atoms with Crippen LogP contribution >= 0.6 is 11.6 Å². The fourth-order valence-corrected chi connectivity index (χ4v) is 4.63. The van der Waals surface area contributed by atoms with Crippen molar-refractivity contribution in [2.24, 2.45) is 12.8 Å². The lowest BCUT2D eigenvalue weighted by Crippen LogP contribution is -2.38. The minimum atomic E-state index is -0.728. The van der Waals surface area contributed by atoms with Gasteiger partial charge in [0.1, 0.15) is 11.1 Å². The number of aryl methyl sites for hydroxylation is 1. The lowest BCUT2D eigenvalue weighted by molar-refractivity contribution is 0.0999. The number of halogens is 1. The Morgan fingerprint density at radius 1 is 1.19 bits per heavy atom. The van der Waals surface area contributed by atoms with Crippen LogP contribution in [0.4, 0.5) is 5.69 Å². The number of anilines is 1. The number of primary amides is 1. The van der Waals surface area contributed by atoms with Crippen LogP contribution in [-0.2, 0) is 7.05 Å². The van der Waals surface area contributed by atoms with Crippen molar-refractivity contribution in [1.29, 1.82) is 0 Å². The highest BCUT2D eigenvalue weighted by molar-refractivity contribution is 6.31. The van der Waals surface area contributed by atoms with Crippen LogP contribution in [0.1, 0.15) is 35.0 Å². The summed E-state index contributed by atoms with van der Waals surface area (Å²) in [5, 5.41) is 1.30. The maximum absolute atomic E-state index is 13.0. The summed E-state index contributed by atoms with van der Waals surface area (Å²) in [5.74, 6) is 0.179. The van der Waals surface area contributed by atoms with Crippen LogP contribution in [0.5, 0.6) is 0 Å². The van der Waals surface area contributed by atoms with Gasteiger partial charge in [0.2, 0.25) is 0 Å². The third-order valence-electron chi connectivity index (χ3n) is 6.05. The van der Waals surface area contributed by atoms with Gasteiger partial charge in [-0.05, 0) is 43.2 Å². The van der Waals surface area contributed by atoms with E-state index in [1.165, 1.54) is 4.57 Å². The summed E-state index contributed by atoms with van der Waals surface area (Å²) in [7, 11) is 1.62. The molecule has 3 heterocycles. The van der Waals surface area contributed by atoms with Gasteiger partial charge in [0.05, 0.1) is 11.2 Å². The summed E-state index contributed by atoms with van der Waals surface area (Å²) in [5.41, 5.74) is 8.12.